The molecular formula is C15H8O5. The molecule has 20 heavy (non-hydrogen) atoms. The Hall–Kier alpha value is -2.95. The Kier molecular flexibility index (Phi) is 2.44. The van der Waals surface area contributed by atoms with Crippen molar-refractivity contribution >= 4 is 17.5 Å². The van der Waals surface area contributed by atoms with Crippen LogP contribution in [0.3, 0.4) is 0 Å². The van der Waals surface area contributed by atoms with Crippen molar-refractivity contribution in [3.8, 4) is 5.75 Å². The molecule has 98 valence electrons. The van der Waals surface area contributed by atoms with Gasteiger partial charge in [0.2, 0.25) is 0 Å². The molecular weight excluding hydrogens is 260 g/mol. The normalized spacial score (nSPS) is 12.8. The molecule has 0 radical (unpaired) electrons. The van der Waals surface area contributed by atoms with Crippen LogP contribution in [0.1, 0.15) is 42.2 Å². The van der Waals surface area contributed by atoms with E-state index in [1.54, 1.807) is 12.1 Å². The molecule has 5 nitrogen and oxygen atoms in total. The highest BCUT2D eigenvalue weighted by Crippen LogP contribution is 2.33. The van der Waals surface area contributed by atoms with Crippen molar-refractivity contribution < 1.29 is 24.6 Å². The van der Waals surface area contributed by atoms with Crippen molar-refractivity contribution in [3.05, 3.63) is 64.2 Å². The van der Waals surface area contributed by atoms with E-state index in [1.165, 1.54) is 12.1 Å². The van der Waals surface area contributed by atoms with Gasteiger partial charge in [-0.15, -0.1) is 0 Å². The molecule has 1 aliphatic rings. The number of carbonyl (C=O) groups excluding carboxylic acids is 2. The molecule has 0 amide bonds. The topological polar surface area (TPSA) is 91.7 Å². The lowest BCUT2D eigenvalue weighted by Gasteiger charge is -2.18. The largest absolute Gasteiger partial charge is 0.507 e. The first-order valence-corrected chi connectivity index (χ1v) is 5.79. The van der Waals surface area contributed by atoms with Gasteiger partial charge in [0.15, 0.2) is 11.6 Å². The van der Waals surface area contributed by atoms with E-state index in [9.17, 15) is 19.5 Å². The second-order valence-electron chi connectivity index (χ2n) is 4.43. The van der Waals surface area contributed by atoms with Crippen LogP contribution in [0.25, 0.3) is 0 Å². The summed E-state index contributed by atoms with van der Waals surface area (Å²) in [5.41, 5.74) is -0.0260. The highest BCUT2D eigenvalue weighted by atomic mass is 16.4. The summed E-state index contributed by atoms with van der Waals surface area (Å²) in [7, 11) is 0. The van der Waals surface area contributed by atoms with Crippen LogP contribution in [0, 0.1) is 0 Å². The molecule has 0 saturated carbocycles. The maximum atomic E-state index is 12.3. The summed E-state index contributed by atoms with van der Waals surface area (Å²) in [5.74, 6) is -2.71. The van der Waals surface area contributed by atoms with Crippen LogP contribution in [-0.4, -0.2) is 27.7 Å². The maximum absolute atomic E-state index is 12.3. The van der Waals surface area contributed by atoms with Crippen LogP contribution in [0.15, 0.2) is 36.4 Å². The molecule has 3 rings (SSSR count). The average molecular weight is 268 g/mol. The fraction of sp³-hybridized carbons (Fsp3) is 0. The predicted octanol–water partition coefficient (Wildman–Crippen LogP) is 1.87. The van der Waals surface area contributed by atoms with Crippen LogP contribution < -0.4 is 0 Å². The van der Waals surface area contributed by atoms with E-state index in [1.807, 2.05) is 0 Å². The first-order valence-electron chi connectivity index (χ1n) is 5.79. The molecule has 0 saturated heterocycles. The van der Waals surface area contributed by atoms with Gasteiger partial charge < -0.3 is 10.2 Å². The number of aromatic hydroxyl groups is 1. The zero-order valence-electron chi connectivity index (χ0n) is 10.1. The number of carboxylic acids is 1. The Morgan fingerprint density at radius 3 is 2.10 bits per heavy atom. The number of benzene rings is 2. The molecule has 2 aromatic carbocycles. The van der Waals surface area contributed by atoms with E-state index in [0.717, 1.165) is 12.1 Å². The van der Waals surface area contributed by atoms with Gasteiger partial charge in [0, 0.05) is 16.7 Å². The third-order valence-electron chi connectivity index (χ3n) is 3.25. The molecule has 0 unspecified atom stereocenters. The first kappa shape index (κ1) is 12.1. The van der Waals surface area contributed by atoms with Crippen LogP contribution in [-0.2, 0) is 0 Å². The van der Waals surface area contributed by atoms with E-state index in [-0.39, 0.29) is 27.8 Å². The van der Waals surface area contributed by atoms with Crippen molar-refractivity contribution in [1.29, 1.82) is 0 Å². The standard InChI is InChI=1S/C15H8O5/c16-11-6-7(15(19)20)5-10-12(11)14(18)9-4-2-1-3-8(9)13(10)17/h1-6,16H,(H,19,20). The number of aromatic carboxylic acids is 1. The quantitative estimate of drug-likeness (QED) is 0.702. The molecule has 0 fully saturated rings. The molecule has 0 heterocycles. The van der Waals surface area contributed by atoms with Crippen molar-refractivity contribution in [1.82, 2.24) is 0 Å². The van der Waals surface area contributed by atoms with E-state index < -0.39 is 23.3 Å². The van der Waals surface area contributed by atoms with Crippen LogP contribution >= 0.6 is 0 Å². The molecule has 5 heteroatoms. The molecule has 0 aromatic heterocycles. The van der Waals surface area contributed by atoms with E-state index >= 15 is 0 Å². The second-order valence-corrected chi connectivity index (χ2v) is 4.43. The summed E-state index contributed by atoms with van der Waals surface area (Å²) in [6, 6.07) is 8.34. The average Bonchev–Trinajstić information content (AvgIpc) is 2.44. The Morgan fingerprint density at radius 1 is 0.900 bits per heavy atom. The zero-order chi connectivity index (χ0) is 14.4. The smallest absolute Gasteiger partial charge is 0.335 e. The van der Waals surface area contributed by atoms with Gasteiger partial charge in [-0.3, -0.25) is 9.59 Å². The lowest BCUT2D eigenvalue weighted by Crippen LogP contribution is -2.21. The van der Waals surface area contributed by atoms with Gasteiger partial charge in [-0.2, -0.15) is 0 Å². The lowest BCUT2D eigenvalue weighted by molar-refractivity contribution is 0.0696. The van der Waals surface area contributed by atoms with Gasteiger partial charge in [-0.05, 0) is 12.1 Å². The minimum absolute atomic E-state index is 0.0777. The molecule has 0 bridgehead atoms. The molecule has 2 aromatic rings. The maximum Gasteiger partial charge on any atom is 0.335 e. The van der Waals surface area contributed by atoms with Gasteiger partial charge in [-0.25, -0.2) is 4.79 Å². The van der Waals surface area contributed by atoms with Gasteiger partial charge in [0.25, 0.3) is 0 Å². The van der Waals surface area contributed by atoms with Crippen LogP contribution in [0.4, 0.5) is 0 Å². The molecule has 1 aliphatic carbocycles. The summed E-state index contributed by atoms with van der Waals surface area (Å²) in [6.45, 7) is 0. The van der Waals surface area contributed by atoms with Crippen LogP contribution in [0.5, 0.6) is 5.75 Å². The number of rotatable bonds is 1. The highest BCUT2D eigenvalue weighted by Gasteiger charge is 2.32. The number of ketones is 2. The molecule has 0 spiro atoms. The number of carbonyl (C=O) groups is 3. The lowest BCUT2D eigenvalue weighted by atomic mass is 9.83. The summed E-state index contributed by atoms with van der Waals surface area (Å²) in [4.78, 5) is 35.6. The SMILES string of the molecule is O=C(O)c1cc(O)c2c(c1)C(=O)c1ccccc1C2=O. The third kappa shape index (κ3) is 1.53. The summed E-state index contributed by atoms with van der Waals surface area (Å²) >= 11 is 0. The summed E-state index contributed by atoms with van der Waals surface area (Å²) < 4.78 is 0. The van der Waals surface area contributed by atoms with Crippen molar-refractivity contribution in [2.75, 3.05) is 0 Å². The number of carboxylic acid groups (broad SMARTS) is 1. The third-order valence-corrected chi connectivity index (χ3v) is 3.25. The number of phenols is 1. The zero-order valence-corrected chi connectivity index (χ0v) is 10.1. The number of fused-ring (bicyclic) bond motifs is 2. The number of hydrogen-bond donors (Lipinski definition) is 2. The molecule has 2 N–H and O–H groups in total. The molecule has 0 atom stereocenters. The van der Waals surface area contributed by atoms with E-state index in [0.29, 0.717) is 0 Å². The molecule has 0 aliphatic heterocycles. The number of hydrogen-bond acceptors (Lipinski definition) is 4. The minimum atomic E-state index is -1.28. The Morgan fingerprint density at radius 2 is 1.50 bits per heavy atom. The van der Waals surface area contributed by atoms with Gasteiger partial charge in [0.1, 0.15) is 5.75 Å². The van der Waals surface area contributed by atoms with Gasteiger partial charge in [-0.1, -0.05) is 24.3 Å². The van der Waals surface area contributed by atoms with Crippen molar-refractivity contribution in [2.24, 2.45) is 0 Å². The van der Waals surface area contributed by atoms with E-state index in [2.05, 4.69) is 0 Å². The van der Waals surface area contributed by atoms with Crippen molar-refractivity contribution in [3.63, 3.8) is 0 Å². The fourth-order valence-electron chi connectivity index (χ4n) is 2.33. The minimum Gasteiger partial charge on any atom is -0.507 e. The predicted molar refractivity (Wildman–Crippen MR) is 68.4 cm³/mol. The Balaban J connectivity index is 2.33. The fourth-order valence-corrected chi connectivity index (χ4v) is 2.33. The Bertz CT molecular complexity index is 789. The van der Waals surface area contributed by atoms with Crippen molar-refractivity contribution in [2.45, 2.75) is 0 Å². The van der Waals surface area contributed by atoms with E-state index in [4.69, 9.17) is 5.11 Å². The monoisotopic (exact) mass is 268 g/mol. The first-order chi connectivity index (χ1) is 9.50. The summed E-state index contributed by atoms with van der Waals surface area (Å²) in [5, 5.41) is 18.8. The van der Waals surface area contributed by atoms with Crippen LogP contribution in [0.2, 0.25) is 0 Å². The summed E-state index contributed by atoms with van der Waals surface area (Å²) in [6.07, 6.45) is 0. The van der Waals surface area contributed by atoms with Gasteiger partial charge in [0.05, 0.1) is 11.1 Å². The Labute approximate surface area is 113 Å². The highest BCUT2D eigenvalue weighted by molar-refractivity contribution is 6.29. The number of phenolic OH excluding ortho intramolecular Hbond substituents is 1. The second kappa shape index (κ2) is 4.03. The van der Waals surface area contributed by atoms with Gasteiger partial charge >= 0.3 is 5.97 Å².